The summed E-state index contributed by atoms with van der Waals surface area (Å²) in [7, 11) is 3.16. The molecule has 7 nitrogen and oxygen atoms in total. The van der Waals surface area contributed by atoms with E-state index in [9.17, 15) is 10.2 Å². The summed E-state index contributed by atoms with van der Waals surface area (Å²) < 4.78 is 27.9. The first-order valence-electron chi connectivity index (χ1n) is 9.18. The van der Waals surface area contributed by atoms with E-state index in [4.69, 9.17) is 23.7 Å². The number of hydrogen-bond acceptors (Lipinski definition) is 7. The lowest BCUT2D eigenvalue weighted by Crippen LogP contribution is -2.23. The molecule has 0 radical (unpaired) electrons. The van der Waals surface area contributed by atoms with Gasteiger partial charge in [0.15, 0.2) is 23.0 Å². The van der Waals surface area contributed by atoms with Crippen LogP contribution in [0.4, 0.5) is 0 Å². The Morgan fingerprint density at radius 2 is 1.43 bits per heavy atom. The molecule has 7 heteroatoms. The Labute approximate surface area is 163 Å². The Hall–Kier alpha value is -2.48. The highest BCUT2D eigenvalue weighted by atomic mass is 16.7. The number of fused-ring (bicyclic) bond motifs is 1. The third-order valence-electron chi connectivity index (χ3n) is 5.50. The fraction of sp³-hybridized carbons (Fsp3) is 0.429. The minimum atomic E-state index is -0.391. The van der Waals surface area contributed by atoms with Crippen LogP contribution in [-0.2, 0) is 4.74 Å². The van der Waals surface area contributed by atoms with E-state index in [1.165, 1.54) is 0 Å². The van der Waals surface area contributed by atoms with Crippen molar-refractivity contribution in [1.29, 1.82) is 0 Å². The van der Waals surface area contributed by atoms with Crippen LogP contribution < -0.4 is 18.9 Å². The van der Waals surface area contributed by atoms with Crippen LogP contribution in [0.15, 0.2) is 36.4 Å². The van der Waals surface area contributed by atoms with E-state index in [0.29, 0.717) is 23.0 Å². The third-order valence-corrected chi connectivity index (χ3v) is 5.50. The van der Waals surface area contributed by atoms with Crippen LogP contribution >= 0.6 is 0 Å². The summed E-state index contributed by atoms with van der Waals surface area (Å²) in [5.41, 5.74) is 1.74. The molecule has 2 aliphatic rings. The minimum absolute atomic E-state index is 0.103. The number of ether oxygens (including phenoxy) is 5. The quantitative estimate of drug-likeness (QED) is 0.786. The van der Waals surface area contributed by atoms with Gasteiger partial charge in [-0.25, -0.2) is 0 Å². The molecular weight excluding hydrogens is 364 g/mol. The maximum Gasteiger partial charge on any atom is 0.231 e. The second-order valence-corrected chi connectivity index (χ2v) is 6.90. The first-order chi connectivity index (χ1) is 13.7. The standard InChI is InChI=1S/C21H24O7/c1-24-16-5-3-12(7-18(16)25-2)20-14(9-22)15(10-23)21(28-20)13-4-6-17-19(8-13)27-11-26-17/h3-8,14-15,20-23H,9-11H2,1-2H3/t14-,15-,20-,21-/m1/s1. The summed E-state index contributed by atoms with van der Waals surface area (Å²) in [4.78, 5) is 0. The monoisotopic (exact) mass is 388 g/mol. The molecule has 1 fully saturated rings. The van der Waals surface area contributed by atoms with Gasteiger partial charge in [0.25, 0.3) is 0 Å². The Balaban J connectivity index is 1.68. The molecular formula is C21H24O7. The summed E-state index contributed by atoms with van der Waals surface area (Å²) in [5, 5.41) is 20.1. The van der Waals surface area contributed by atoms with Crippen LogP contribution in [0.5, 0.6) is 23.0 Å². The van der Waals surface area contributed by atoms with Gasteiger partial charge in [-0.3, -0.25) is 0 Å². The molecule has 2 N–H and O–H groups in total. The fourth-order valence-electron chi connectivity index (χ4n) is 4.04. The highest BCUT2D eigenvalue weighted by Crippen LogP contribution is 2.51. The smallest absolute Gasteiger partial charge is 0.231 e. The van der Waals surface area contributed by atoms with Gasteiger partial charge in [0, 0.05) is 25.0 Å². The normalized spacial score (nSPS) is 25.7. The number of aliphatic hydroxyl groups excluding tert-OH is 2. The lowest BCUT2D eigenvalue weighted by Gasteiger charge is -2.21. The minimum Gasteiger partial charge on any atom is -0.493 e. The maximum atomic E-state index is 10.1. The van der Waals surface area contributed by atoms with Gasteiger partial charge in [0.1, 0.15) is 0 Å². The number of hydrogen-bond donors (Lipinski definition) is 2. The summed E-state index contributed by atoms with van der Waals surface area (Å²) in [5.74, 6) is 2.04. The molecule has 4 atom stereocenters. The SMILES string of the molecule is COc1ccc([C@H]2O[C@H](c3ccc4c(c3)OCO4)[C@H](CO)[C@H]2CO)cc1OC. The van der Waals surface area contributed by atoms with Crippen LogP contribution in [0.3, 0.4) is 0 Å². The van der Waals surface area contributed by atoms with Crippen molar-refractivity contribution in [2.75, 3.05) is 34.2 Å². The van der Waals surface area contributed by atoms with Crippen LogP contribution in [0.2, 0.25) is 0 Å². The molecule has 0 spiro atoms. The maximum absolute atomic E-state index is 10.1. The highest BCUT2D eigenvalue weighted by Gasteiger charge is 2.45. The zero-order valence-corrected chi connectivity index (χ0v) is 15.8. The topological polar surface area (TPSA) is 86.6 Å². The largest absolute Gasteiger partial charge is 0.493 e. The predicted octanol–water partition coefficient (Wildman–Crippen LogP) is 2.46. The summed E-state index contributed by atoms with van der Waals surface area (Å²) in [6, 6.07) is 11.2. The molecule has 2 aromatic rings. The van der Waals surface area contributed by atoms with Crippen molar-refractivity contribution < 1.29 is 33.9 Å². The van der Waals surface area contributed by atoms with Crippen LogP contribution in [0.25, 0.3) is 0 Å². The van der Waals surface area contributed by atoms with Gasteiger partial charge < -0.3 is 33.9 Å². The molecule has 0 bridgehead atoms. The third kappa shape index (κ3) is 3.15. The Morgan fingerprint density at radius 1 is 0.821 bits per heavy atom. The summed E-state index contributed by atoms with van der Waals surface area (Å²) in [6.07, 6.45) is -0.771. The molecule has 0 amide bonds. The molecule has 0 aromatic heterocycles. The van der Waals surface area contributed by atoms with E-state index in [0.717, 1.165) is 11.1 Å². The Kier molecular flexibility index (Phi) is 5.30. The molecule has 4 rings (SSSR count). The summed E-state index contributed by atoms with van der Waals surface area (Å²) in [6.45, 7) is -0.0132. The van der Waals surface area contributed by atoms with E-state index in [1.54, 1.807) is 14.2 Å². The number of benzene rings is 2. The Morgan fingerprint density at radius 3 is 2.07 bits per heavy atom. The second kappa shape index (κ2) is 7.87. The van der Waals surface area contributed by atoms with Gasteiger partial charge >= 0.3 is 0 Å². The lowest BCUT2D eigenvalue weighted by molar-refractivity contribution is 0.0183. The van der Waals surface area contributed by atoms with Crippen LogP contribution in [-0.4, -0.2) is 44.4 Å². The average Bonchev–Trinajstić information content (AvgIpc) is 3.36. The fourth-order valence-corrected chi connectivity index (χ4v) is 4.04. The van der Waals surface area contributed by atoms with E-state index >= 15 is 0 Å². The Bertz CT molecular complexity index is 837. The van der Waals surface area contributed by atoms with Crippen molar-refractivity contribution in [3.63, 3.8) is 0 Å². The lowest BCUT2D eigenvalue weighted by atomic mass is 9.83. The van der Waals surface area contributed by atoms with Gasteiger partial charge in [-0.2, -0.15) is 0 Å². The zero-order chi connectivity index (χ0) is 19.7. The van der Waals surface area contributed by atoms with Crippen LogP contribution in [0, 0.1) is 11.8 Å². The van der Waals surface area contributed by atoms with Gasteiger partial charge in [-0.1, -0.05) is 12.1 Å². The molecule has 2 aliphatic heterocycles. The van der Waals surface area contributed by atoms with Gasteiger partial charge in [-0.05, 0) is 35.4 Å². The van der Waals surface area contributed by atoms with Gasteiger partial charge in [0.2, 0.25) is 6.79 Å². The van der Waals surface area contributed by atoms with Gasteiger partial charge in [0.05, 0.1) is 26.4 Å². The van der Waals surface area contributed by atoms with Crippen molar-refractivity contribution in [2.45, 2.75) is 12.2 Å². The van der Waals surface area contributed by atoms with Crippen molar-refractivity contribution in [2.24, 2.45) is 11.8 Å². The molecule has 0 saturated carbocycles. The second-order valence-electron chi connectivity index (χ2n) is 6.90. The molecule has 0 unspecified atom stereocenters. The van der Waals surface area contributed by atoms with Crippen molar-refractivity contribution in [1.82, 2.24) is 0 Å². The molecule has 150 valence electrons. The van der Waals surface area contributed by atoms with Crippen LogP contribution in [0.1, 0.15) is 23.3 Å². The van der Waals surface area contributed by atoms with E-state index in [1.807, 2.05) is 36.4 Å². The van der Waals surface area contributed by atoms with Crippen molar-refractivity contribution in [3.05, 3.63) is 47.5 Å². The van der Waals surface area contributed by atoms with E-state index in [-0.39, 0.29) is 37.9 Å². The zero-order valence-electron chi connectivity index (χ0n) is 15.8. The van der Waals surface area contributed by atoms with Crippen molar-refractivity contribution in [3.8, 4) is 23.0 Å². The molecule has 2 aromatic carbocycles. The molecule has 28 heavy (non-hydrogen) atoms. The highest BCUT2D eigenvalue weighted by molar-refractivity contribution is 5.46. The first-order valence-corrected chi connectivity index (χ1v) is 9.18. The number of methoxy groups -OCH3 is 2. The first kappa shape index (κ1) is 18.9. The predicted molar refractivity (Wildman–Crippen MR) is 99.8 cm³/mol. The molecule has 0 aliphatic carbocycles. The average molecular weight is 388 g/mol. The van der Waals surface area contributed by atoms with E-state index in [2.05, 4.69) is 0 Å². The molecule has 2 heterocycles. The number of aliphatic hydroxyl groups is 2. The van der Waals surface area contributed by atoms with Gasteiger partial charge in [-0.15, -0.1) is 0 Å². The van der Waals surface area contributed by atoms with E-state index < -0.39 is 6.10 Å². The molecule has 1 saturated heterocycles. The number of rotatable bonds is 6. The van der Waals surface area contributed by atoms with Crippen molar-refractivity contribution >= 4 is 0 Å². The summed E-state index contributed by atoms with van der Waals surface area (Å²) >= 11 is 0.